The normalized spacial score (nSPS) is 9.67. The summed E-state index contributed by atoms with van der Waals surface area (Å²) in [6.07, 6.45) is 0. The average molecular weight is 322 g/mol. The van der Waals surface area contributed by atoms with Gasteiger partial charge in [0.25, 0.3) is 5.91 Å². The van der Waals surface area contributed by atoms with E-state index in [1.165, 1.54) is 18.2 Å². The van der Waals surface area contributed by atoms with Gasteiger partial charge in [0, 0.05) is 5.02 Å². The Hall–Kier alpha value is -2.02. The monoisotopic (exact) mass is 321 g/mol. The molecule has 1 N–H and O–H groups in total. The Bertz CT molecular complexity index is 735. The molecule has 2 rings (SSSR count). The van der Waals surface area contributed by atoms with Gasteiger partial charge in [0.1, 0.15) is 5.82 Å². The number of carbonyl (C=O) groups is 1. The van der Waals surface area contributed by atoms with Crippen LogP contribution in [0.3, 0.4) is 0 Å². The van der Waals surface area contributed by atoms with Gasteiger partial charge >= 0.3 is 0 Å². The number of nitrogens with one attached hydrogen (secondary N) is 1. The third-order valence-corrected chi connectivity index (χ3v) is 3.16. The van der Waals surface area contributed by atoms with Gasteiger partial charge in [-0.2, -0.15) is 0 Å². The lowest BCUT2D eigenvalue weighted by molar-refractivity contribution is 0.0959. The number of hydrogen-bond acceptors (Lipinski definition) is 1. The van der Waals surface area contributed by atoms with Crippen LogP contribution in [0.25, 0.3) is 0 Å². The fraction of sp³-hybridized carbons (Fsp3) is 0.0625. The molecule has 0 saturated carbocycles. The fourth-order valence-corrected chi connectivity index (χ4v) is 2.09. The van der Waals surface area contributed by atoms with E-state index in [-0.39, 0.29) is 23.0 Å². The van der Waals surface area contributed by atoms with E-state index in [1.54, 1.807) is 24.3 Å². The lowest BCUT2D eigenvalue weighted by Crippen LogP contribution is -2.23. The summed E-state index contributed by atoms with van der Waals surface area (Å²) in [5, 5.41) is 3.31. The molecule has 0 radical (unpaired) electrons. The minimum atomic E-state index is -0.392. The summed E-state index contributed by atoms with van der Waals surface area (Å²) in [6.45, 7) is 0.0894. The van der Waals surface area contributed by atoms with Crippen molar-refractivity contribution in [3.63, 3.8) is 0 Å². The average Bonchev–Trinajstić information content (AvgIpc) is 2.45. The second-order valence-corrected chi connectivity index (χ2v) is 4.93. The molecule has 21 heavy (non-hydrogen) atoms. The first-order valence-electron chi connectivity index (χ1n) is 6.04. The Kier molecular flexibility index (Phi) is 5.21. The molecule has 2 aromatic carbocycles. The molecule has 0 aliphatic carbocycles. The number of amides is 1. The predicted molar refractivity (Wildman–Crippen MR) is 82.1 cm³/mol. The quantitative estimate of drug-likeness (QED) is 0.835. The van der Waals surface area contributed by atoms with Crippen molar-refractivity contribution < 1.29 is 9.18 Å². The number of halogens is 3. The van der Waals surface area contributed by atoms with Crippen LogP contribution in [0.1, 0.15) is 15.9 Å². The van der Waals surface area contributed by atoms with Gasteiger partial charge in [0.15, 0.2) is 0 Å². The van der Waals surface area contributed by atoms with Gasteiger partial charge in [-0.3, -0.25) is 4.79 Å². The molecule has 0 fully saturated rings. The van der Waals surface area contributed by atoms with Crippen molar-refractivity contribution in [1.29, 1.82) is 0 Å². The van der Waals surface area contributed by atoms with Crippen molar-refractivity contribution >= 4 is 29.1 Å². The molecule has 1 amide bonds. The first kappa shape index (κ1) is 15.4. The summed E-state index contributed by atoms with van der Waals surface area (Å²) in [5.74, 6) is 4.58. The summed E-state index contributed by atoms with van der Waals surface area (Å²) >= 11 is 11.7. The first-order valence-corrected chi connectivity index (χ1v) is 6.80. The van der Waals surface area contributed by atoms with Crippen LogP contribution >= 0.6 is 23.2 Å². The van der Waals surface area contributed by atoms with Gasteiger partial charge < -0.3 is 5.32 Å². The van der Waals surface area contributed by atoms with Crippen LogP contribution < -0.4 is 5.32 Å². The van der Waals surface area contributed by atoms with E-state index in [2.05, 4.69) is 17.2 Å². The van der Waals surface area contributed by atoms with E-state index in [0.717, 1.165) is 0 Å². The highest BCUT2D eigenvalue weighted by Crippen LogP contribution is 2.20. The van der Waals surface area contributed by atoms with E-state index < -0.39 is 5.82 Å². The highest BCUT2D eigenvalue weighted by atomic mass is 35.5. The molecule has 2 aromatic rings. The lowest BCUT2D eigenvalue weighted by Gasteiger charge is -2.04. The largest absolute Gasteiger partial charge is 0.341 e. The molecular formula is C16H10Cl2FNO. The topological polar surface area (TPSA) is 29.1 Å². The number of rotatable bonds is 2. The molecule has 0 saturated heterocycles. The second kappa shape index (κ2) is 7.12. The van der Waals surface area contributed by atoms with Crippen molar-refractivity contribution in [3.8, 4) is 11.8 Å². The summed E-state index contributed by atoms with van der Waals surface area (Å²) < 4.78 is 13.3. The third-order valence-electron chi connectivity index (χ3n) is 2.61. The van der Waals surface area contributed by atoms with E-state index in [4.69, 9.17) is 23.2 Å². The zero-order chi connectivity index (χ0) is 15.2. The van der Waals surface area contributed by atoms with Gasteiger partial charge in [-0.1, -0.05) is 47.2 Å². The summed E-state index contributed by atoms with van der Waals surface area (Å²) in [4.78, 5) is 11.9. The Morgan fingerprint density at radius 1 is 1.19 bits per heavy atom. The molecule has 5 heteroatoms. The number of hydrogen-bond donors (Lipinski definition) is 1. The van der Waals surface area contributed by atoms with Crippen LogP contribution in [-0.4, -0.2) is 12.5 Å². The van der Waals surface area contributed by atoms with Gasteiger partial charge in [-0.15, -0.1) is 0 Å². The van der Waals surface area contributed by atoms with Crippen LogP contribution in [0.2, 0.25) is 10.0 Å². The minimum absolute atomic E-state index is 0.0894. The maximum atomic E-state index is 13.3. The summed E-state index contributed by atoms with van der Waals surface area (Å²) in [7, 11) is 0. The maximum absolute atomic E-state index is 13.3. The maximum Gasteiger partial charge on any atom is 0.253 e. The molecule has 106 valence electrons. The molecule has 0 spiro atoms. The molecule has 0 aliphatic heterocycles. The molecule has 0 aliphatic rings. The van der Waals surface area contributed by atoms with E-state index in [9.17, 15) is 9.18 Å². The zero-order valence-electron chi connectivity index (χ0n) is 10.8. The van der Waals surface area contributed by atoms with Crippen molar-refractivity contribution in [2.45, 2.75) is 0 Å². The molecule has 0 unspecified atom stereocenters. The Morgan fingerprint density at radius 2 is 1.95 bits per heavy atom. The molecule has 0 heterocycles. The molecule has 0 aromatic heterocycles. The molecule has 0 bridgehead atoms. The van der Waals surface area contributed by atoms with Crippen molar-refractivity contribution in [2.24, 2.45) is 0 Å². The van der Waals surface area contributed by atoms with Crippen LogP contribution in [-0.2, 0) is 0 Å². The number of benzene rings is 2. The fourth-order valence-electron chi connectivity index (χ4n) is 1.60. The number of carbonyl (C=O) groups excluding carboxylic acids is 1. The van der Waals surface area contributed by atoms with E-state index in [1.807, 2.05) is 0 Å². The Morgan fingerprint density at radius 3 is 2.67 bits per heavy atom. The third kappa shape index (κ3) is 4.22. The van der Waals surface area contributed by atoms with Crippen LogP contribution in [0.4, 0.5) is 4.39 Å². The van der Waals surface area contributed by atoms with Crippen LogP contribution in [0.15, 0.2) is 42.5 Å². The Labute approximate surface area is 131 Å². The smallest absolute Gasteiger partial charge is 0.253 e. The van der Waals surface area contributed by atoms with Gasteiger partial charge in [-0.25, -0.2) is 4.39 Å². The molecular weight excluding hydrogens is 312 g/mol. The predicted octanol–water partition coefficient (Wildman–Crippen LogP) is 3.91. The van der Waals surface area contributed by atoms with Crippen LogP contribution in [0.5, 0.6) is 0 Å². The SMILES string of the molecule is O=C(NCC#Cc1ccccc1F)c1ccc(Cl)cc1Cl. The van der Waals surface area contributed by atoms with Crippen molar-refractivity contribution in [2.75, 3.05) is 6.54 Å². The van der Waals surface area contributed by atoms with Gasteiger partial charge in [0.05, 0.1) is 22.7 Å². The van der Waals surface area contributed by atoms with Gasteiger partial charge in [0.2, 0.25) is 0 Å². The highest BCUT2D eigenvalue weighted by Gasteiger charge is 2.09. The lowest BCUT2D eigenvalue weighted by atomic mass is 10.2. The highest BCUT2D eigenvalue weighted by molar-refractivity contribution is 6.36. The first-order chi connectivity index (χ1) is 10.1. The molecule has 0 atom stereocenters. The summed E-state index contributed by atoms with van der Waals surface area (Å²) in [6, 6.07) is 10.8. The van der Waals surface area contributed by atoms with Crippen molar-refractivity contribution in [3.05, 3.63) is 69.5 Å². The standard InChI is InChI=1S/C16H10Cl2FNO/c17-12-7-8-13(14(18)10-12)16(21)20-9-3-5-11-4-1-2-6-15(11)19/h1-2,4,6-8,10H,9H2,(H,20,21). The zero-order valence-corrected chi connectivity index (χ0v) is 12.3. The second-order valence-electron chi connectivity index (χ2n) is 4.09. The van der Waals surface area contributed by atoms with Crippen LogP contribution in [0, 0.1) is 17.7 Å². The van der Waals surface area contributed by atoms with Crippen molar-refractivity contribution in [1.82, 2.24) is 5.32 Å². The molecule has 2 nitrogen and oxygen atoms in total. The Balaban J connectivity index is 1.98. The van der Waals surface area contributed by atoms with Gasteiger partial charge in [-0.05, 0) is 30.3 Å². The van der Waals surface area contributed by atoms with E-state index >= 15 is 0 Å². The van der Waals surface area contributed by atoms with E-state index in [0.29, 0.717) is 10.6 Å². The summed E-state index contributed by atoms with van der Waals surface area (Å²) in [5.41, 5.74) is 0.602. The minimum Gasteiger partial charge on any atom is -0.341 e.